The van der Waals surface area contributed by atoms with Gasteiger partial charge >= 0.3 is 0 Å². The molecule has 0 aliphatic rings. The first-order valence-corrected chi connectivity index (χ1v) is 6.15. The summed E-state index contributed by atoms with van der Waals surface area (Å²) < 4.78 is 1.71. The topological polar surface area (TPSA) is 67.2 Å². The normalized spacial score (nSPS) is 10.7. The number of carbonyl (C=O) groups is 1. The van der Waals surface area contributed by atoms with Crippen LogP contribution in [0.25, 0.3) is 10.9 Å². The van der Waals surface area contributed by atoms with Crippen molar-refractivity contribution in [2.75, 3.05) is 5.32 Å². The van der Waals surface area contributed by atoms with Gasteiger partial charge in [-0.3, -0.25) is 9.48 Å². The number of fused-ring (bicyclic) bond motifs is 1. The van der Waals surface area contributed by atoms with Crippen molar-refractivity contribution in [1.29, 1.82) is 0 Å². The molecule has 20 heavy (non-hydrogen) atoms. The Morgan fingerprint density at radius 2 is 1.95 bits per heavy atom. The number of benzene rings is 2. The number of hydrogen-bond donors (Lipinski definition) is 2. The SMILES string of the molecule is Cn1cc2ccc(C(=O)Nc3ccc(O)cc3)cc2n1. The van der Waals surface area contributed by atoms with E-state index in [1.807, 2.05) is 19.3 Å². The number of aromatic nitrogens is 2. The van der Waals surface area contributed by atoms with Crippen molar-refractivity contribution in [1.82, 2.24) is 9.78 Å². The molecule has 1 amide bonds. The first-order chi connectivity index (χ1) is 9.61. The van der Waals surface area contributed by atoms with Gasteiger partial charge in [0.05, 0.1) is 5.52 Å². The van der Waals surface area contributed by atoms with E-state index in [9.17, 15) is 9.90 Å². The van der Waals surface area contributed by atoms with Gasteiger partial charge in [0.25, 0.3) is 5.91 Å². The fourth-order valence-electron chi connectivity index (χ4n) is 2.03. The molecule has 100 valence electrons. The largest absolute Gasteiger partial charge is 0.508 e. The number of amides is 1. The molecule has 0 aliphatic heterocycles. The molecular weight excluding hydrogens is 254 g/mol. The molecule has 2 aromatic carbocycles. The Bertz CT molecular complexity index is 775. The predicted octanol–water partition coefficient (Wildman–Crippen LogP) is 2.53. The molecule has 0 aliphatic carbocycles. The fraction of sp³-hybridized carbons (Fsp3) is 0.0667. The average Bonchev–Trinajstić information content (AvgIpc) is 2.80. The van der Waals surface area contributed by atoms with Crippen molar-refractivity contribution in [3.63, 3.8) is 0 Å². The van der Waals surface area contributed by atoms with Crippen LogP contribution in [-0.2, 0) is 7.05 Å². The summed E-state index contributed by atoms with van der Waals surface area (Å²) >= 11 is 0. The average molecular weight is 267 g/mol. The third-order valence-corrected chi connectivity index (χ3v) is 3.01. The molecule has 5 heteroatoms. The molecule has 0 fully saturated rings. The van der Waals surface area contributed by atoms with E-state index in [2.05, 4.69) is 10.4 Å². The highest BCUT2D eigenvalue weighted by molar-refractivity contribution is 6.06. The summed E-state index contributed by atoms with van der Waals surface area (Å²) in [5.74, 6) is -0.0406. The highest BCUT2D eigenvalue weighted by Crippen LogP contribution is 2.17. The molecule has 3 rings (SSSR count). The number of carbonyl (C=O) groups excluding carboxylic acids is 1. The maximum Gasteiger partial charge on any atom is 0.255 e. The minimum atomic E-state index is -0.205. The van der Waals surface area contributed by atoms with E-state index < -0.39 is 0 Å². The van der Waals surface area contributed by atoms with E-state index in [1.54, 1.807) is 28.9 Å². The van der Waals surface area contributed by atoms with Crippen molar-refractivity contribution in [3.8, 4) is 5.75 Å². The number of aromatic hydroxyl groups is 1. The molecule has 1 aromatic heterocycles. The van der Waals surface area contributed by atoms with Crippen LogP contribution in [-0.4, -0.2) is 20.8 Å². The van der Waals surface area contributed by atoms with Gasteiger partial charge in [0.15, 0.2) is 0 Å². The van der Waals surface area contributed by atoms with Gasteiger partial charge in [-0.05, 0) is 36.4 Å². The number of nitrogens with zero attached hydrogens (tertiary/aromatic N) is 2. The van der Waals surface area contributed by atoms with Gasteiger partial charge in [-0.15, -0.1) is 0 Å². The lowest BCUT2D eigenvalue weighted by Gasteiger charge is -2.05. The van der Waals surface area contributed by atoms with E-state index in [4.69, 9.17) is 0 Å². The number of phenolic OH excluding ortho intramolecular Hbond substituents is 1. The number of aryl methyl sites for hydroxylation is 1. The van der Waals surface area contributed by atoms with Crippen LogP contribution in [0, 0.1) is 0 Å². The van der Waals surface area contributed by atoms with E-state index in [-0.39, 0.29) is 11.7 Å². The van der Waals surface area contributed by atoms with Crippen LogP contribution < -0.4 is 5.32 Å². The van der Waals surface area contributed by atoms with Crippen LogP contribution in [0.15, 0.2) is 48.7 Å². The highest BCUT2D eigenvalue weighted by atomic mass is 16.3. The molecule has 2 N–H and O–H groups in total. The third kappa shape index (κ3) is 2.33. The Morgan fingerprint density at radius 3 is 2.70 bits per heavy atom. The standard InChI is InChI=1S/C15H13N3O2/c1-18-9-11-3-2-10(8-14(11)17-18)15(20)16-12-4-6-13(19)7-5-12/h2-9,19H,1H3,(H,16,20). The molecule has 0 radical (unpaired) electrons. The van der Waals surface area contributed by atoms with Crippen molar-refractivity contribution < 1.29 is 9.90 Å². The number of rotatable bonds is 2. The molecular formula is C15H13N3O2. The molecule has 3 aromatic rings. The van der Waals surface area contributed by atoms with Crippen LogP contribution in [0.5, 0.6) is 5.75 Å². The Hall–Kier alpha value is -2.82. The van der Waals surface area contributed by atoms with E-state index >= 15 is 0 Å². The minimum absolute atomic E-state index is 0.165. The first kappa shape index (κ1) is 12.2. The second kappa shape index (κ2) is 4.70. The number of anilines is 1. The van der Waals surface area contributed by atoms with Crippen molar-refractivity contribution in [3.05, 3.63) is 54.2 Å². The summed E-state index contributed by atoms with van der Waals surface area (Å²) in [5.41, 5.74) is 1.96. The monoisotopic (exact) mass is 267 g/mol. The van der Waals surface area contributed by atoms with Crippen LogP contribution in [0.4, 0.5) is 5.69 Å². The zero-order chi connectivity index (χ0) is 14.1. The van der Waals surface area contributed by atoms with Gasteiger partial charge in [0, 0.05) is 29.9 Å². The van der Waals surface area contributed by atoms with Crippen molar-refractivity contribution in [2.24, 2.45) is 7.05 Å². The van der Waals surface area contributed by atoms with Gasteiger partial charge in [-0.2, -0.15) is 5.10 Å². The lowest BCUT2D eigenvalue weighted by atomic mass is 10.1. The highest BCUT2D eigenvalue weighted by Gasteiger charge is 2.08. The molecule has 0 saturated heterocycles. The fourth-order valence-corrected chi connectivity index (χ4v) is 2.03. The first-order valence-electron chi connectivity index (χ1n) is 6.15. The summed E-state index contributed by atoms with van der Waals surface area (Å²) in [6.45, 7) is 0. The Labute approximate surface area is 115 Å². The van der Waals surface area contributed by atoms with Gasteiger partial charge in [0.2, 0.25) is 0 Å². The molecule has 5 nitrogen and oxygen atoms in total. The Morgan fingerprint density at radius 1 is 1.20 bits per heavy atom. The minimum Gasteiger partial charge on any atom is -0.508 e. The summed E-state index contributed by atoms with van der Waals surface area (Å²) in [6.07, 6.45) is 1.90. The molecule has 1 heterocycles. The van der Waals surface area contributed by atoms with Gasteiger partial charge in [0.1, 0.15) is 5.75 Å². The zero-order valence-corrected chi connectivity index (χ0v) is 10.9. The molecule has 0 unspecified atom stereocenters. The quantitative estimate of drug-likeness (QED) is 0.701. The summed E-state index contributed by atoms with van der Waals surface area (Å²) in [5, 5.41) is 17.3. The molecule has 0 atom stereocenters. The lowest BCUT2D eigenvalue weighted by molar-refractivity contribution is 0.102. The van der Waals surface area contributed by atoms with E-state index in [0.717, 1.165) is 10.9 Å². The van der Waals surface area contributed by atoms with Gasteiger partial charge < -0.3 is 10.4 Å². The predicted molar refractivity (Wildman–Crippen MR) is 76.8 cm³/mol. The maximum absolute atomic E-state index is 12.1. The van der Waals surface area contributed by atoms with Crippen LogP contribution in [0.1, 0.15) is 10.4 Å². The van der Waals surface area contributed by atoms with Crippen LogP contribution >= 0.6 is 0 Å². The summed E-state index contributed by atoms with van der Waals surface area (Å²) in [6, 6.07) is 11.7. The Kier molecular flexibility index (Phi) is 2.87. The Balaban J connectivity index is 1.86. The van der Waals surface area contributed by atoms with Gasteiger partial charge in [-0.1, -0.05) is 6.07 Å². The molecule has 0 spiro atoms. The smallest absolute Gasteiger partial charge is 0.255 e. The van der Waals surface area contributed by atoms with Crippen LogP contribution in [0.3, 0.4) is 0 Å². The summed E-state index contributed by atoms with van der Waals surface area (Å²) in [4.78, 5) is 12.1. The van der Waals surface area contributed by atoms with Crippen LogP contribution in [0.2, 0.25) is 0 Å². The second-order valence-electron chi connectivity index (χ2n) is 4.58. The second-order valence-corrected chi connectivity index (χ2v) is 4.58. The molecule has 0 saturated carbocycles. The number of nitrogens with one attached hydrogen (secondary N) is 1. The lowest BCUT2D eigenvalue weighted by Crippen LogP contribution is -2.11. The molecule has 0 bridgehead atoms. The number of phenols is 1. The van der Waals surface area contributed by atoms with Gasteiger partial charge in [-0.25, -0.2) is 0 Å². The van der Waals surface area contributed by atoms with Crippen molar-refractivity contribution in [2.45, 2.75) is 0 Å². The summed E-state index contributed by atoms with van der Waals surface area (Å²) in [7, 11) is 1.84. The van der Waals surface area contributed by atoms with E-state index in [0.29, 0.717) is 11.3 Å². The third-order valence-electron chi connectivity index (χ3n) is 3.01. The number of hydrogen-bond acceptors (Lipinski definition) is 3. The maximum atomic E-state index is 12.1. The van der Waals surface area contributed by atoms with E-state index in [1.165, 1.54) is 12.1 Å². The van der Waals surface area contributed by atoms with Crippen molar-refractivity contribution >= 4 is 22.5 Å². The zero-order valence-electron chi connectivity index (χ0n) is 10.9.